The van der Waals surface area contributed by atoms with Crippen molar-refractivity contribution in [1.29, 1.82) is 0 Å². The van der Waals surface area contributed by atoms with Crippen LogP contribution in [0.1, 0.15) is 50.6 Å². The molecular formula is C26H33N3O5S. The first-order valence-electron chi connectivity index (χ1n) is 12.1. The highest BCUT2D eigenvalue weighted by Gasteiger charge is 2.37. The van der Waals surface area contributed by atoms with Gasteiger partial charge in [-0.1, -0.05) is 43.2 Å². The fraction of sp³-hybridized carbons (Fsp3) is 0.462. The summed E-state index contributed by atoms with van der Waals surface area (Å²) in [7, 11) is -2.21. The highest BCUT2D eigenvalue weighted by molar-refractivity contribution is 7.89. The van der Waals surface area contributed by atoms with Crippen molar-refractivity contribution < 1.29 is 22.7 Å². The van der Waals surface area contributed by atoms with E-state index in [1.165, 1.54) is 23.5 Å². The van der Waals surface area contributed by atoms with E-state index in [4.69, 9.17) is 4.74 Å². The van der Waals surface area contributed by atoms with Gasteiger partial charge in [-0.05, 0) is 43.5 Å². The Morgan fingerprint density at radius 1 is 1.06 bits per heavy atom. The van der Waals surface area contributed by atoms with Crippen molar-refractivity contribution in [3.8, 4) is 5.75 Å². The predicted molar refractivity (Wildman–Crippen MR) is 134 cm³/mol. The molecule has 0 unspecified atom stereocenters. The summed E-state index contributed by atoms with van der Waals surface area (Å²) >= 11 is 0. The third kappa shape index (κ3) is 5.51. The second kappa shape index (κ2) is 10.8. The van der Waals surface area contributed by atoms with Crippen LogP contribution in [0.2, 0.25) is 0 Å². The minimum Gasteiger partial charge on any atom is -0.495 e. The summed E-state index contributed by atoms with van der Waals surface area (Å²) < 4.78 is 33.4. The summed E-state index contributed by atoms with van der Waals surface area (Å²) in [4.78, 5) is 27.7. The van der Waals surface area contributed by atoms with Gasteiger partial charge in [0.1, 0.15) is 5.75 Å². The molecule has 0 saturated carbocycles. The molecule has 2 aromatic carbocycles. The van der Waals surface area contributed by atoms with Gasteiger partial charge in [-0.2, -0.15) is 4.31 Å². The zero-order chi connectivity index (χ0) is 25.0. The SMILES string of the molecule is COc1ccc(S(=O)(=O)N2CCCCCC2)cc1NC(=O)[C@@H]1CC(=O)N([C@H](C)c2ccccc2)C1. The summed E-state index contributed by atoms with van der Waals surface area (Å²) in [6.07, 6.45) is 3.84. The molecule has 2 aliphatic heterocycles. The zero-order valence-electron chi connectivity index (χ0n) is 20.3. The van der Waals surface area contributed by atoms with Gasteiger partial charge in [0.15, 0.2) is 0 Å². The van der Waals surface area contributed by atoms with E-state index >= 15 is 0 Å². The van der Waals surface area contributed by atoms with Crippen LogP contribution in [-0.4, -0.2) is 56.2 Å². The van der Waals surface area contributed by atoms with Crippen molar-refractivity contribution in [1.82, 2.24) is 9.21 Å². The van der Waals surface area contributed by atoms with Gasteiger partial charge < -0.3 is 15.0 Å². The summed E-state index contributed by atoms with van der Waals surface area (Å²) in [5, 5.41) is 2.83. The number of ether oxygens (including phenoxy) is 1. The summed E-state index contributed by atoms with van der Waals surface area (Å²) in [6, 6.07) is 14.1. The first-order valence-corrected chi connectivity index (χ1v) is 13.6. The van der Waals surface area contributed by atoms with Crippen molar-refractivity contribution in [2.75, 3.05) is 32.1 Å². The van der Waals surface area contributed by atoms with Crippen LogP contribution >= 0.6 is 0 Å². The van der Waals surface area contributed by atoms with Crippen LogP contribution in [0.4, 0.5) is 5.69 Å². The number of methoxy groups -OCH3 is 1. The second-order valence-corrected chi connectivity index (χ2v) is 11.1. The number of anilines is 1. The molecule has 0 aromatic heterocycles. The Kier molecular flexibility index (Phi) is 7.76. The number of rotatable bonds is 7. The first-order chi connectivity index (χ1) is 16.8. The summed E-state index contributed by atoms with van der Waals surface area (Å²) in [5.74, 6) is -0.578. The number of hydrogen-bond acceptors (Lipinski definition) is 5. The molecule has 2 aromatic rings. The van der Waals surface area contributed by atoms with Crippen LogP contribution in [0.3, 0.4) is 0 Å². The van der Waals surface area contributed by atoms with Gasteiger partial charge in [-0.25, -0.2) is 8.42 Å². The first kappa shape index (κ1) is 25.2. The van der Waals surface area contributed by atoms with Crippen molar-refractivity contribution in [3.63, 3.8) is 0 Å². The van der Waals surface area contributed by atoms with E-state index in [-0.39, 0.29) is 34.9 Å². The molecule has 2 saturated heterocycles. The monoisotopic (exact) mass is 499 g/mol. The molecule has 1 N–H and O–H groups in total. The summed E-state index contributed by atoms with van der Waals surface area (Å²) in [5.41, 5.74) is 1.30. The lowest BCUT2D eigenvalue weighted by Crippen LogP contribution is -2.32. The van der Waals surface area contributed by atoms with E-state index in [1.54, 1.807) is 11.0 Å². The number of carbonyl (C=O) groups excluding carboxylic acids is 2. The van der Waals surface area contributed by atoms with Crippen LogP contribution in [0, 0.1) is 5.92 Å². The molecule has 0 spiro atoms. The van der Waals surface area contributed by atoms with Crippen molar-refractivity contribution >= 4 is 27.5 Å². The van der Waals surface area contributed by atoms with Crippen LogP contribution in [-0.2, 0) is 19.6 Å². The van der Waals surface area contributed by atoms with Crippen molar-refractivity contribution in [2.45, 2.75) is 50.0 Å². The standard InChI is InChI=1S/C26H33N3O5S/c1-19(20-10-6-5-7-11-20)29-18-21(16-25(29)30)26(31)27-23-17-22(12-13-24(23)34-2)35(32,33)28-14-8-3-4-9-15-28/h5-7,10-13,17,19,21H,3-4,8-9,14-16,18H2,1-2H3,(H,27,31)/t19-,21-/m1/s1. The largest absolute Gasteiger partial charge is 0.495 e. The number of carbonyl (C=O) groups is 2. The molecule has 35 heavy (non-hydrogen) atoms. The Morgan fingerprint density at radius 3 is 2.40 bits per heavy atom. The number of nitrogens with one attached hydrogen (secondary N) is 1. The lowest BCUT2D eigenvalue weighted by molar-refractivity contribution is -0.129. The molecule has 188 valence electrons. The van der Waals surface area contributed by atoms with E-state index in [2.05, 4.69) is 5.32 Å². The minimum atomic E-state index is -3.68. The number of benzene rings is 2. The van der Waals surface area contributed by atoms with E-state index < -0.39 is 15.9 Å². The van der Waals surface area contributed by atoms with Gasteiger partial charge in [0, 0.05) is 26.1 Å². The Labute approximate surface area is 207 Å². The van der Waals surface area contributed by atoms with E-state index in [0.29, 0.717) is 25.4 Å². The highest BCUT2D eigenvalue weighted by atomic mass is 32.2. The Morgan fingerprint density at radius 2 is 1.74 bits per heavy atom. The Hall–Kier alpha value is -2.91. The maximum Gasteiger partial charge on any atom is 0.243 e. The molecule has 2 aliphatic rings. The lowest BCUT2D eigenvalue weighted by atomic mass is 10.1. The number of sulfonamides is 1. The minimum absolute atomic E-state index is 0.0778. The maximum absolute atomic E-state index is 13.3. The smallest absolute Gasteiger partial charge is 0.243 e. The number of nitrogens with zero attached hydrogens (tertiary/aromatic N) is 2. The van der Waals surface area contributed by atoms with Gasteiger partial charge >= 0.3 is 0 Å². The molecule has 2 heterocycles. The van der Waals surface area contributed by atoms with E-state index in [1.807, 2.05) is 37.3 Å². The highest BCUT2D eigenvalue weighted by Crippen LogP contribution is 2.33. The fourth-order valence-corrected chi connectivity index (χ4v) is 6.35. The molecule has 9 heteroatoms. The van der Waals surface area contributed by atoms with Crippen molar-refractivity contribution in [2.24, 2.45) is 5.92 Å². The molecule has 2 atom stereocenters. The van der Waals surface area contributed by atoms with Crippen molar-refractivity contribution in [3.05, 3.63) is 54.1 Å². The fourth-order valence-electron chi connectivity index (χ4n) is 4.80. The molecule has 2 fully saturated rings. The molecule has 2 amide bonds. The topological polar surface area (TPSA) is 96.0 Å². The number of amides is 2. The third-order valence-electron chi connectivity index (χ3n) is 6.91. The summed E-state index contributed by atoms with van der Waals surface area (Å²) in [6.45, 7) is 3.24. The zero-order valence-corrected chi connectivity index (χ0v) is 21.1. The normalized spacial score (nSPS) is 20.3. The van der Waals surface area contributed by atoms with Crippen LogP contribution in [0.5, 0.6) is 5.75 Å². The van der Waals surface area contributed by atoms with Gasteiger partial charge in [-0.15, -0.1) is 0 Å². The average Bonchev–Trinajstić information content (AvgIpc) is 3.06. The van der Waals surface area contributed by atoms with Gasteiger partial charge in [0.25, 0.3) is 0 Å². The third-order valence-corrected chi connectivity index (χ3v) is 8.80. The van der Waals surface area contributed by atoms with E-state index in [0.717, 1.165) is 31.2 Å². The Bertz CT molecular complexity index is 1160. The lowest BCUT2D eigenvalue weighted by Gasteiger charge is -2.25. The predicted octanol–water partition coefficient (Wildman–Crippen LogP) is 3.81. The average molecular weight is 500 g/mol. The van der Waals surface area contributed by atoms with Crippen LogP contribution < -0.4 is 10.1 Å². The van der Waals surface area contributed by atoms with Crippen LogP contribution in [0.25, 0.3) is 0 Å². The van der Waals surface area contributed by atoms with Gasteiger partial charge in [-0.3, -0.25) is 9.59 Å². The molecule has 0 aliphatic carbocycles. The van der Waals surface area contributed by atoms with Crippen LogP contribution in [0.15, 0.2) is 53.4 Å². The molecule has 0 radical (unpaired) electrons. The number of likely N-dealkylation sites (tertiary alicyclic amines) is 1. The quantitative estimate of drug-likeness (QED) is 0.625. The number of hydrogen-bond donors (Lipinski definition) is 1. The Balaban J connectivity index is 1.50. The molecular weight excluding hydrogens is 466 g/mol. The van der Waals surface area contributed by atoms with E-state index in [9.17, 15) is 18.0 Å². The second-order valence-electron chi connectivity index (χ2n) is 9.20. The molecule has 8 nitrogen and oxygen atoms in total. The molecule has 0 bridgehead atoms. The maximum atomic E-state index is 13.3. The molecule has 4 rings (SSSR count). The van der Waals surface area contributed by atoms with Gasteiger partial charge in [0.05, 0.1) is 29.7 Å². The van der Waals surface area contributed by atoms with Gasteiger partial charge in [0.2, 0.25) is 21.8 Å².